The molecular formula is C20H29Cl2OTi. The Balaban J connectivity index is -0.000000353. The molecule has 0 amide bonds. The number of para-hydroxylation sites is 1. The zero-order chi connectivity index (χ0) is 16.2. The molecule has 133 valence electrons. The Morgan fingerprint density at radius 2 is 1.33 bits per heavy atom. The van der Waals surface area contributed by atoms with E-state index in [9.17, 15) is 5.11 Å². The average Bonchev–Trinajstić information content (AvgIpc) is 2.70. The van der Waals surface area contributed by atoms with E-state index >= 15 is 0 Å². The number of benzene rings is 1. The molecule has 1 nitrogen and oxygen atoms in total. The van der Waals surface area contributed by atoms with Gasteiger partial charge in [0.05, 0.1) is 0 Å². The summed E-state index contributed by atoms with van der Waals surface area (Å²) in [5.74, 6) is 1.57. The van der Waals surface area contributed by atoms with E-state index in [-0.39, 0.29) is 52.3 Å². The Morgan fingerprint density at radius 1 is 0.917 bits per heavy atom. The maximum absolute atomic E-state index is 11.9. The van der Waals surface area contributed by atoms with Crippen LogP contribution in [0, 0.1) is 5.92 Å². The summed E-state index contributed by atoms with van der Waals surface area (Å²) in [5, 5.41) is 11.9. The predicted molar refractivity (Wildman–Crippen MR) is 90.7 cm³/mol. The van der Waals surface area contributed by atoms with Crippen molar-refractivity contribution in [1.29, 1.82) is 0 Å². The zero-order valence-electron chi connectivity index (χ0n) is 15.8. The number of hydrogen-bond donors (Lipinski definition) is 0. The van der Waals surface area contributed by atoms with Gasteiger partial charge in [-0.1, -0.05) is 87.2 Å². The smallest absolute Gasteiger partial charge is 1.00 e. The van der Waals surface area contributed by atoms with Crippen LogP contribution >= 0.6 is 0 Å². The van der Waals surface area contributed by atoms with E-state index in [1.54, 1.807) is 0 Å². The molecule has 1 aliphatic carbocycles. The van der Waals surface area contributed by atoms with E-state index < -0.39 is 0 Å². The summed E-state index contributed by atoms with van der Waals surface area (Å²) >= 11 is 0. The normalized spacial score (nSPS) is 15.3. The van der Waals surface area contributed by atoms with E-state index in [2.05, 4.69) is 60.6 Å². The first-order chi connectivity index (χ1) is 9.75. The van der Waals surface area contributed by atoms with Gasteiger partial charge in [-0.05, 0) is 31.6 Å². The minimum Gasteiger partial charge on any atom is -1.00 e. The Labute approximate surface area is 175 Å². The monoisotopic (exact) mass is 403 g/mol. The molecule has 4 heteroatoms. The minimum absolute atomic E-state index is 0. The van der Waals surface area contributed by atoms with Gasteiger partial charge < -0.3 is 29.9 Å². The van der Waals surface area contributed by atoms with E-state index in [0.717, 1.165) is 11.1 Å². The third-order valence-corrected chi connectivity index (χ3v) is 4.26. The predicted octanol–water partition coefficient (Wildman–Crippen LogP) is -0.459. The fourth-order valence-electron chi connectivity index (χ4n) is 2.41. The summed E-state index contributed by atoms with van der Waals surface area (Å²) in [6.07, 6.45) is 4.44. The number of hydrogen-bond acceptors (Lipinski definition) is 1. The third kappa shape index (κ3) is 7.78. The van der Waals surface area contributed by atoms with E-state index in [1.165, 1.54) is 11.1 Å². The van der Waals surface area contributed by atoms with Crippen LogP contribution in [0.25, 0.3) is 0 Å². The second kappa shape index (κ2) is 13.1. The molecule has 1 aromatic rings. The van der Waals surface area contributed by atoms with Gasteiger partial charge in [0.1, 0.15) is 0 Å². The first kappa shape index (κ1) is 28.6. The van der Waals surface area contributed by atoms with Crippen molar-refractivity contribution in [3.8, 4) is 5.75 Å². The molecule has 0 saturated carbocycles. The molecule has 1 unspecified atom stereocenters. The summed E-state index contributed by atoms with van der Waals surface area (Å²) in [4.78, 5) is 0. The molecule has 0 aliphatic heterocycles. The van der Waals surface area contributed by atoms with E-state index in [4.69, 9.17) is 0 Å². The fraction of sp³-hybridized carbons (Fsp3) is 0.500. The van der Waals surface area contributed by atoms with Crippen LogP contribution in [0.5, 0.6) is 5.75 Å². The van der Waals surface area contributed by atoms with E-state index in [0.29, 0.717) is 17.8 Å². The van der Waals surface area contributed by atoms with Gasteiger partial charge in [0, 0.05) is 0 Å². The summed E-state index contributed by atoms with van der Waals surface area (Å²) in [6, 6.07) is 5.84. The molecule has 24 heavy (non-hydrogen) atoms. The van der Waals surface area contributed by atoms with Crippen molar-refractivity contribution in [2.45, 2.75) is 60.3 Å². The van der Waals surface area contributed by atoms with Crippen molar-refractivity contribution in [2.75, 3.05) is 0 Å². The van der Waals surface area contributed by atoms with Gasteiger partial charge in [0.2, 0.25) is 0 Å². The Bertz CT molecular complexity index is 522. The van der Waals surface area contributed by atoms with Crippen LogP contribution in [-0.2, 0) is 21.7 Å². The Kier molecular flexibility index (Phi) is 15.6. The van der Waals surface area contributed by atoms with Gasteiger partial charge in [0.15, 0.2) is 0 Å². The van der Waals surface area contributed by atoms with Crippen LogP contribution in [0.3, 0.4) is 0 Å². The molecule has 1 aromatic carbocycles. The van der Waals surface area contributed by atoms with Crippen LogP contribution in [-0.4, -0.2) is 0 Å². The van der Waals surface area contributed by atoms with Gasteiger partial charge in [-0.3, -0.25) is 0 Å². The van der Waals surface area contributed by atoms with Crippen LogP contribution in [0.15, 0.2) is 41.5 Å². The SMILES string of the molecule is CC(C)c1cccc(C(C)C)c1[O-].CC1=C(C)C(C)C=C1.[Cl-].[Cl-].[Ti+3]. The first-order valence-corrected chi connectivity index (χ1v) is 7.91. The van der Waals surface area contributed by atoms with Crippen LogP contribution in [0.1, 0.15) is 71.4 Å². The number of halogens is 2. The summed E-state index contributed by atoms with van der Waals surface area (Å²) in [5.41, 5.74) is 4.83. The molecule has 0 aromatic heterocycles. The van der Waals surface area contributed by atoms with E-state index in [1.807, 2.05) is 18.2 Å². The molecule has 1 radical (unpaired) electrons. The Morgan fingerprint density at radius 3 is 1.54 bits per heavy atom. The van der Waals surface area contributed by atoms with Crippen LogP contribution in [0.2, 0.25) is 0 Å². The second-order valence-electron chi connectivity index (χ2n) is 6.59. The number of allylic oxidation sites excluding steroid dienone is 4. The second-order valence-corrected chi connectivity index (χ2v) is 6.59. The maximum atomic E-state index is 11.9. The van der Waals surface area contributed by atoms with Crippen LogP contribution in [0.4, 0.5) is 0 Å². The first-order valence-electron chi connectivity index (χ1n) is 7.91. The summed E-state index contributed by atoms with van der Waals surface area (Å²) in [6.45, 7) is 14.8. The molecule has 2 rings (SSSR count). The third-order valence-electron chi connectivity index (χ3n) is 4.26. The van der Waals surface area contributed by atoms with Crippen molar-refractivity contribution >= 4 is 0 Å². The fourth-order valence-corrected chi connectivity index (χ4v) is 2.41. The molecule has 1 atom stereocenters. The largest absolute Gasteiger partial charge is 3.00 e. The van der Waals surface area contributed by atoms with Gasteiger partial charge in [0.25, 0.3) is 0 Å². The summed E-state index contributed by atoms with van der Waals surface area (Å²) < 4.78 is 0. The van der Waals surface area contributed by atoms with Gasteiger partial charge in [-0.2, -0.15) is 0 Å². The molecule has 1 aliphatic rings. The Hall–Kier alpha value is -0.206. The zero-order valence-corrected chi connectivity index (χ0v) is 18.9. The topological polar surface area (TPSA) is 23.1 Å². The molecule has 0 N–H and O–H groups in total. The number of rotatable bonds is 2. The maximum Gasteiger partial charge on any atom is 3.00 e. The molecule has 0 spiro atoms. The van der Waals surface area contributed by atoms with Crippen molar-refractivity contribution in [1.82, 2.24) is 0 Å². The molecule has 0 bridgehead atoms. The molecule has 0 saturated heterocycles. The standard InChI is InChI=1S/C12H18O.C8H12.2ClH.Ti/c1-8(2)10-6-5-7-11(9(3)4)12(10)13;1-6-4-5-7(2)8(6)3;;;/h5-9,13H,1-4H3;4-6H,1-3H3;2*1H;/q;;;;+3/p-3. The van der Waals surface area contributed by atoms with Gasteiger partial charge in [-0.15, -0.1) is 5.75 Å². The average molecular weight is 404 g/mol. The summed E-state index contributed by atoms with van der Waals surface area (Å²) in [7, 11) is 0. The molecule has 0 fully saturated rings. The molecular weight excluding hydrogens is 375 g/mol. The van der Waals surface area contributed by atoms with Crippen molar-refractivity contribution in [3.05, 3.63) is 52.6 Å². The van der Waals surface area contributed by atoms with Gasteiger partial charge >= 0.3 is 21.7 Å². The molecule has 0 heterocycles. The van der Waals surface area contributed by atoms with Crippen LogP contribution < -0.4 is 29.9 Å². The quantitative estimate of drug-likeness (QED) is 0.613. The minimum atomic E-state index is 0. The van der Waals surface area contributed by atoms with Crippen molar-refractivity contribution < 1.29 is 51.6 Å². The van der Waals surface area contributed by atoms with Crippen molar-refractivity contribution in [2.24, 2.45) is 5.92 Å². The van der Waals surface area contributed by atoms with Gasteiger partial charge in [-0.25, -0.2) is 0 Å². The van der Waals surface area contributed by atoms with Crippen molar-refractivity contribution in [3.63, 3.8) is 0 Å².